The van der Waals surface area contributed by atoms with Gasteiger partial charge in [-0.25, -0.2) is 0 Å². The number of ether oxygens (including phenoxy) is 1. The van der Waals surface area contributed by atoms with Crippen molar-refractivity contribution in [2.24, 2.45) is 0 Å². The van der Waals surface area contributed by atoms with Gasteiger partial charge in [0.2, 0.25) is 0 Å². The molecule has 0 saturated heterocycles. The molecule has 0 atom stereocenters. The van der Waals surface area contributed by atoms with Crippen LogP contribution in [-0.4, -0.2) is 18.1 Å². The quantitative estimate of drug-likeness (QED) is 0.665. The molecule has 1 aliphatic heterocycles. The van der Waals surface area contributed by atoms with E-state index < -0.39 is 5.60 Å². The molecule has 19 heavy (non-hydrogen) atoms. The van der Waals surface area contributed by atoms with E-state index in [4.69, 9.17) is 15.7 Å². The van der Waals surface area contributed by atoms with E-state index in [0.29, 0.717) is 30.0 Å². The number of fused-ring (bicyclic) bond motifs is 1. The molecule has 0 saturated carbocycles. The molecule has 100 valence electrons. The van der Waals surface area contributed by atoms with Crippen LogP contribution in [0.5, 0.6) is 5.75 Å². The van der Waals surface area contributed by atoms with E-state index in [2.05, 4.69) is 0 Å². The number of hydrogen-bond donors (Lipinski definition) is 1. The predicted octanol–water partition coefficient (Wildman–Crippen LogP) is 2.08. The van der Waals surface area contributed by atoms with Crippen LogP contribution in [0.1, 0.15) is 26.7 Å². The van der Waals surface area contributed by atoms with Gasteiger partial charge >= 0.3 is 0 Å². The Labute approximate surface area is 112 Å². The number of benzene rings is 1. The number of amides is 1. The fourth-order valence-electron chi connectivity index (χ4n) is 2.37. The van der Waals surface area contributed by atoms with Gasteiger partial charge in [0.25, 0.3) is 5.91 Å². The van der Waals surface area contributed by atoms with Crippen LogP contribution in [0.2, 0.25) is 0 Å². The Kier molecular flexibility index (Phi) is 3.34. The molecule has 5 heteroatoms. The third-order valence-corrected chi connectivity index (χ3v) is 3.59. The zero-order valence-electron chi connectivity index (χ0n) is 11.1. The number of carbonyl (C=O) groups is 1. The highest BCUT2D eigenvalue weighted by molar-refractivity contribution is 6.03. The van der Waals surface area contributed by atoms with E-state index in [1.807, 2.05) is 19.9 Å². The number of carbonyl (C=O) groups excluding carboxylic acids is 1. The summed E-state index contributed by atoms with van der Waals surface area (Å²) >= 11 is 0. The Morgan fingerprint density at radius 2 is 2.11 bits per heavy atom. The Morgan fingerprint density at radius 3 is 2.68 bits per heavy atom. The first-order valence-electron chi connectivity index (χ1n) is 6.35. The topological polar surface area (TPSA) is 79.3 Å². The van der Waals surface area contributed by atoms with Crippen molar-refractivity contribution in [3.05, 3.63) is 18.2 Å². The van der Waals surface area contributed by atoms with Gasteiger partial charge in [0, 0.05) is 5.69 Å². The standard InChI is InChI=1S/C14H17N3O2/c1-3-14(4-2)13(18)17(8-7-15)11-9-10(16)5-6-12(11)19-14/h5-6,9H,3-4,8,16H2,1-2H3. The molecule has 0 aliphatic carbocycles. The number of nitrogens with zero attached hydrogens (tertiary/aromatic N) is 2. The second-order valence-electron chi connectivity index (χ2n) is 4.58. The molecule has 0 radical (unpaired) electrons. The number of nitrogen functional groups attached to an aromatic ring is 1. The maximum atomic E-state index is 12.6. The molecule has 0 bridgehead atoms. The van der Waals surface area contributed by atoms with Gasteiger partial charge < -0.3 is 10.5 Å². The van der Waals surface area contributed by atoms with Crippen LogP contribution in [0.15, 0.2) is 18.2 Å². The van der Waals surface area contributed by atoms with Gasteiger partial charge in [-0.3, -0.25) is 9.69 Å². The van der Waals surface area contributed by atoms with Crippen LogP contribution in [0, 0.1) is 11.3 Å². The molecule has 0 aromatic heterocycles. The second-order valence-corrected chi connectivity index (χ2v) is 4.58. The highest BCUT2D eigenvalue weighted by Gasteiger charge is 2.45. The van der Waals surface area contributed by atoms with Crippen molar-refractivity contribution in [2.45, 2.75) is 32.3 Å². The summed E-state index contributed by atoms with van der Waals surface area (Å²) in [4.78, 5) is 14.0. The smallest absolute Gasteiger partial charge is 0.272 e. The van der Waals surface area contributed by atoms with Crippen molar-refractivity contribution in [3.63, 3.8) is 0 Å². The zero-order chi connectivity index (χ0) is 14.0. The normalized spacial score (nSPS) is 16.5. The summed E-state index contributed by atoms with van der Waals surface area (Å²) in [6.07, 6.45) is 1.13. The molecule has 0 fully saturated rings. The van der Waals surface area contributed by atoms with Gasteiger partial charge in [0.05, 0.1) is 11.8 Å². The van der Waals surface area contributed by atoms with E-state index in [9.17, 15) is 4.79 Å². The van der Waals surface area contributed by atoms with E-state index in [0.717, 1.165) is 0 Å². The molecule has 1 amide bonds. The first kappa shape index (κ1) is 13.2. The first-order chi connectivity index (χ1) is 9.07. The van der Waals surface area contributed by atoms with Crippen molar-refractivity contribution >= 4 is 17.3 Å². The van der Waals surface area contributed by atoms with E-state index >= 15 is 0 Å². The van der Waals surface area contributed by atoms with Gasteiger partial charge in [-0.1, -0.05) is 13.8 Å². The summed E-state index contributed by atoms with van der Waals surface area (Å²) in [6.45, 7) is 3.82. The number of nitrogens with two attached hydrogens (primary N) is 1. The number of hydrogen-bond acceptors (Lipinski definition) is 4. The van der Waals surface area contributed by atoms with E-state index in [1.54, 1.807) is 18.2 Å². The molecule has 0 unspecified atom stereocenters. The minimum Gasteiger partial charge on any atom is -0.475 e. The molecule has 2 rings (SSSR count). The van der Waals surface area contributed by atoms with Crippen LogP contribution in [0.25, 0.3) is 0 Å². The van der Waals surface area contributed by atoms with E-state index in [1.165, 1.54) is 4.90 Å². The molecule has 1 aromatic rings. The number of anilines is 2. The Bertz CT molecular complexity index is 544. The molecule has 0 spiro atoms. The molecule has 1 aliphatic rings. The largest absolute Gasteiger partial charge is 0.475 e. The Balaban J connectivity index is 2.56. The maximum Gasteiger partial charge on any atom is 0.272 e. The lowest BCUT2D eigenvalue weighted by atomic mass is 9.92. The monoisotopic (exact) mass is 259 g/mol. The predicted molar refractivity (Wildman–Crippen MR) is 72.8 cm³/mol. The average Bonchev–Trinajstić information content (AvgIpc) is 2.42. The third-order valence-electron chi connectivity index (χ3n) is 3.59. The number of rotatable bonds is 3. The van der Waals surface area contributed by atoms with Gasteiger partial charge in [-0.05, 0) is 31.0 Å². The van der Waals surface area contributed by atoms with Crippen molar-refractivity contribution in [1.29, 1.82) is 5.26 Å². The Morgan fingerprint density at radius 1 is 1.42 bits per heavy atom. The minimum atomic E-state index is -0.875. The van der Waals surface area contributed by atoms with Gasteiger partial charge in [0.15, 0.2) is 5.60 Å². The minimum absolute atomic E-state index is 0.000394. The molecule has 1 heterocycles. The van der Waals surface area contributed by atoms with Crippen LogP contribution in [0.4, 0.5) is 11.4 Å². The summed E-state index contributed by atoms with van der Waals surface area (Å²) in [5, 5.41) is 8.93. The molecular formula is C14H17N3O2. The Hall–Kier alpha value is -2.22. The lowest BCUT2D eigenvalue weighted by Gasteiger charge is -2.41. The van der Waals surface area contributed by atoms with Gasteiger partial charge in [-0.15, -0.1) is 0 Å². The summed E-state index contributed by atoms with van der Waals surface area (Å²) in [6, 6.07) is 7.17. The molecule has 2 N–H and O–H groups in total. The first-order valence-corrected chi connectivity index (χ1v) is 6.35. The lowest BCUT2D eigenvalue weighted by molar-refractivity contribution is -0.136. The van der Waals surface area contributed by atoms with E-state index in [-0.39, 0.29) is 12.5 Å². The van der Waals surface area contributed by atoms with Crippen molar-refractivity contribution < 1.29 is 9.53 Å². The summed E-state index contributed by atoms with van der Waals surface area (Å²) in [7, 11) is 0. The fourth-order valence-corrected chi connectivity index (χ4v) is 2.37. The van der Waals surface area contributed by atoms with Gasteiger partial charge in [-0.2, -0.15) is 5.26 Å². The summed E-state index contributed by atoms with van der Waals surface area (Å²) in [5.74, 6) is 0.435. The van der Waals surface area contributed by atoms with Crippen LogP contribution in [-0.2, 0) is 4.79 Å². The van der Waals surface area contributed by atoms with Crippen molar-refractivity contribution in [1.82, 2.24) is 0 Å². The fraction of sp³-hybridized carbons (Fsp3) is 0.429. The van der Waals surface area contributed by atoms with Crippen molar-refractivity contribution in [3.8, 4) is 11.8 Å². The second kappa shape index (κ2) is 4.81. The highest BCUT2D eigenvalue weighted by atomic mass is 16.5. The lowest BCUT2D eigenvalue weighted by Crippen LogP contribution is -2.55. The highest BCUT2D eigenvalue weighted by Crippen LogP contribution is 2.41. The molecule has 5 nitrogen and oxygen atoms in total. The van der Waals surface area contributed by atoms with Crippen LogP contribution in [0.3, 0.4) is 0 Å². The summed E-state index contributed by atoms with van der Waals surface area (Å²) in [5.41, 5.74) is 5.98. The van der Waals surface area contributed by atoms with Crippen molar-refractivity contribution in [2.75, 3.05) is 17.2 Å². The third kappa shape index (κ3) is 1.99. The number of nitriles is 1. The maximum absolute atomic E-state index is 12.6. The average molecular weight is 259 g/mol. The summed E-state index contributed by atoms with van der Waals surface area (Å²) < 4.78 is 5.91. The van der Waals surface area contributed by atoms with Crippen LogP contribution >= 0.6 is 0 Å². The SMILES string of the molecule is CCC1(CC)Oc2ccc(N)cc2N(CC#N)C1=O. The zero-order valence-corrected chi connectivity index (χ0v) is 11.1. The van der Waals surface area contributed by atoms with Gasteiger partial charge in [0.1, 0.15) is 12.3 Å². The molecule has 1 aromatic carbocycles. The molecular weight excluding hydrogens is 242 g/mol. The van der Waals surface area contributed by atoms with Crippen LogP contribution < -0.4 is 15.4 Å².